The van der Waals surface area contributed by atoms with Crippen molar-refractivity contribution in [3.63, 3.8) is 0 Å². The van der Waals surface area contributed by atoms with E-state index < -0.39 is 0 Å². The number of hydrogen-bond donors (Lipinski definition) is 0. The zero-order valence-electron chi connectivity index (χ0n) is 12.4. The minimum atomic E-state index is -0.155. The molecular formula is C19H16Br2O. The van der Waals surface area contributed by atoms with Gasteiger partial charge in [-0.2, -0.15) is 0 Å². The van der Waals surface area contributed by atoms with E-state index in [9.17, 15) is 4.79 Å². The third kappa shape index (κ3) is 2.72. The van der Waals surface area contributed by atoms with E-state index in [0.717, 1.165) is 26.7 Å². The number of ketones is 1. The number of benzene rings is 2. The number of Topliss-reactive ketones (excluding diaryl/α,β-unsaturated/α-hetero) is 1. The van der Waals surface area contributed by atoms with Crippen molar-refractivity contribution in [2.24, 2.45) is 0 Å². The summed E-state index contributed by atoms with van der Waals surface area (Å²) in [6.07, 6.45) is 2.10. The van der Waals surface area contributed by atoms with Gasteiger partial charge in [-0.1, -0.05) is 88.2 Å². The molecule has 0 aromatic heterocycles. The molecule has 1 atom stereocenters. The number of rotatable bonds is 2. The molecule has 2 aromatic rings. The van der Waals surface area contributed by atoms with Crippen LogP contribution in [0.2, 0.25) is 0 Å². The van der Waals surface area contributed by atoms with Gasteiger partial charge in [0.2, 0.25) is 0 Å². The Kier molecular flexibility index (Phi) is 4.13. The lowest BCUT2D eigenvalue weighted by Crippen LogP contribution is -2.27. The van der Waals surface area contributed by atoms with Gasteiger partial charge in [0, 0.05) is 21.0 Å². The molecule has 0 spiro atoms. The third-order valence-electron chi connectivity index (χ3n) is 4.06. The molecular weight excluding hydrogens is 404 g/mol. The van der Waals surface area contributed by atoms with Crippen LogP contribution >= 0.6 is 31.9 Å². The summed E-state index contributed by atoms with van der Waals surface area (Å²) in [5, 5.41) is 0. The first-order valence-corrected chi connectivity index (χ1v) is 8.87. The summed E-state index contributed by atoms with van der Waals surface area (Å²) in [6.45, 7) is 4.30. The predicted molar refractivity (Wildman–Crippen MR) is 97.7 cm³/mol. The highest BCUT2D eigenvalue weighted by Crippen LogP contribution is 2.42. The number of alkyl halides is 1. The molecule has 0 saturated heterocycles. The van der Waals surface area contributed by atoms with Crippen molar-refractivity contribution in [3.8, 4) is 0 Å². The van der Waals surface area contributed by atoms with Crippen LogP contribution in [0.1, 0.15) is 40.2 Å². The predicted octanol–water partition coefficient (Wildman–Crippen LogP) is 5.99. The smallest absolute Gasteiger partial charge is 0.190 e. The normalized spacial score (nSPS) is 17.6. The van der Waals surface area contributed by atoms with Crippen LogP contribution in [0.4, 0.5) is 0 Å². The second-order valence-electron chi connectivity index (χ2n) is 6.11. The maximum atomic E-state index is 12.9. The van der Waals surface area contributed by atoms with Gasteiger partial charge in [-0.25, -0.2) is 0 Å². The van der Waals surface area contributed by atoms with Gasteiger partial charge in [-0.05, 0) is 23.3 Å². The van der Waals surface area contributed by atoms with E-state index in [1.54, 1.807) is 0 Å². The van der Waals surface area contributed by atoms with Gasteiger partial charge in [0.15, 0.2) is 5.78 Å². The van der Waals surface area contributed by atoms with Gasteiger partial charge in [-0.15, -0.1) is 0 Å². The molecule has 1 aliphatic carbocycles. The summed E-state index contributed by atoms with van der Waals surface area (Å²) in [4.78, 5) is 12.8. The Morgan fingerprint density at radius 2 is 1.77 bits per heavy atom. The Bertz CT molecular complexity index is 775. The fourth-order valence-corrected chi connectivity index (χ4v) is 4.00. The first kappa shape index (κ1) is 15.7. The molecule has 0 unspecified atom stereocenters. The van der Waals surface area contributed by atoms with E-state index in [0.29, 0.717) is 0 Å². The number of allylic oxidation sites excluding steroid dienone is 2. The summed E-state index contributed by atoms with van der Waals surface area (Å²) in [5.41, 5.74) is 3.63. The molecule has 3 heteroatoms. The van der Waals surface area contributed by atoms with Crippen molar-refractivity contribution in [1.82, 2.24) is 0 Å². The van der Waals surface area contributed by atoms with E-state index in [1.165, 1.54) is 0 Å². The van der Waals surface area contributed by atoms with Crippen LogP contribution in [0.3, 0.4) is 0 Å². The van der Waals surface area contributed by atoms with Gasteiger partial charge >= 0.3 is 0 Å². The second kappa shape index (κ2) is 5.78. The molecule has 1 nitrogen and oxygen atoms in total. The second-order valence-corrected chi connectivity index (χ2v) is 7.94. The fraction of sp³-hybridized carbons (Fsp3) is 0.211. The van der Waals surface area contributed by atoms with Crippen molar-refractivity contribution >= 4 is 37.6 Å². The topological polar surface area (TPSA) is 17.1 Å². The van der Waals surface area contributed by atoms with E-state index in [1.807, 2.05) is 48.5 Å². The summed E-state index contributed by atoms with van der Waals surface area (Å²) < 4.78 is 1.01. The van der Waals surface area contributed by atoms with Crippen LogP contribution in [0.5, 0.6) is 0 Å². The number of carbonyl (C=O) groups excluding carboxylic acids is 1. The molecule has 1 aliphatic rings. The van der Waals surface area contributed by atoms with Crippen LogP contribution in [0.25, 0.3) is 0 Å². The molecule has 3 rings (SSSR count). The summed E-state index contributed by atoms with van der Waals surface area (Å²) >= 11 is 7.21. The lowest BCUT2D eigenvalue weighted by Gasteiger charge is -2.31. The molecule has 0 fully saturated rings. The Morgan fingerprint density at radius 3 is 2.50 bits per heavy atom. The van der Waals surface area contributed by atoms with Gasteiger partial charge in [0.25, 0.3) is 0 Å². The Hall–Kier alpha value is -1.19. The van der Waals surface area contributed by atoms with Gasteiger partial charge in [0.05, 0.1) is 4.83 Å². The highest BCUT2D eigenvalue weighted by Gasteiger charge is 2.34. The minimum absolute atomic E-state index is 0.106. The third-order valence-corrected chi connectivity index (χ3v) is 5.57. The SMILES string of the molecule is CC1(C)C=C([C@@H](Br)c2cccc(Br)c2)C(=O)c2ccccc21. The Balaban J connectivity index is 2.09. The van der Waals surface area contributed by atoms with Gasteiger partial charge in [0.1, 0.15) is 0 Å². The first-order valence-electron chi connectivity index (χ1n) is 7.16. The molecule has 0 amide bonds. The lowest BCUT2D eigenvalue weighted by molar-refractivity contribution is 0.102. The van der Waals surface area contributed by atoms with E-state index >= 15 is 0 Å². The largest absolute Gasteiger partial charge is 0.289 e. The standard InChI is InChI=1S/C19H16Br2O/c1-19(2)11-15(17(21)12-6-5-7-13(20)10-12)18(22)14-8-3-4-9-16(14)19/h3-11,17H,1-2H3/t17-/m0/s1. The maximum Gasteiger partial charge on any atom is 0.190 e. The molecule has 0 aliphatic heterocycles. The van der Waals surface area contributed by atoms with Crippen LogP contribution in [0, 0.1) is 0 Å². The van der Waals surface area contributed by atoms with Gasteiger partial charge in [-0.3, -0.25) is 4.79 Å². The zero-order valence-corrected chi connectivity index (χ0v) is 15.6. The average Bonchev–Trinajstić information content (AvgIpc) is 2.50. The highest BCUT2D eigenvalue weighted by molar-refractivity contribution is 9.10. The lowest BCUT2D eigenvalue weighted by atomic mass is 9.73. The van der Waals surface area contributed by atoms with E-state index in [4.69, 9.17) is 0 Å². The van der Waals surface area contributed by atoms with Crippen molar-refractivity contribution in [3.05, 3.63) is 81.3 Å². The molecule has 0 N–H and O–H groups in total. The fourth-order valence-electron chi connectivity index (χ4n) is 2.96. The van der Waals surface area contributed by atoms with Crippen LogP contribution in [-0.4, -0.2) is 5.78 Å². The molecule has 112 valence electrons. The molecule has 22 heavy (non-hydrogen) atoms. The zero-order chi connectivity index (χ0) is 15.9. The van der Waals surface area contributed by atoms with Gasteiger partial charge < -0.3 is 0 Å². The summed E-state index contributed by atoms with van der Waals surface area (Å²) in [6, 6.07) is 15.9. The van der Waals surface area contributed by atoms with Crippen LogP contribution in [0.15, 0.2) is 64.7 Å². The first-order chi connectivity index (χ1) is 10.4. The Morgan fingerprint density at radius 1 is 1.05 bits per heavy atom. The molecule has 2 aromatic carbocycles. The van der Waals surface area contributed by atoms with Crippen molar-refractivity contribution in [2.45, 2.75) is 24.1 Å². The number of halogens is 2. The number of hydrogen-bond acceptors (Lipinski definition) is 1. The van der Waals surface area contributed by atoms with Crippen LogP contribution in [-0.2, 0) is 5.41 Å². The highest BCUT2D eigenvalue weighted by atomic mass is 79.9. The van der Waals surface area contributed by atoms with Crippen molar-refractivity contribution < 1.29 is 4.79 Å². The molecule has 0 radical (unpaired) electrons. The molecule has 0 bridgehead atoms. The number of carbonyl (C=O) groups is 1. The molecule has 0 heterocycles. The monoisotopic (exact) mass is 418 g/mol. The van der Waals surface area contributed by atoms with E-state index in [2.05, 4.69) is 51.8 Å². The van der Waals surface area contributed by atoms with Crippen molar-refractivity contribution in [1.29, 1.82) is 0 Å². The Labute approximate surface area is 147 Å². The van der Waals surface area contributed by atoms with Crippen LogP contribution < -0.4 is 0 Å². The average molecular weight is 420 g/mol. The minimum Gasteiger partial charge on any atom is -0.289 e. The molecule has 0 saturated carbocycles. The maximum absolute atomic E-state index is 12.9. The summed E-state index contributed by atoms with van der Waals surface area (Å²) in [5.74, 6) is 0.108. The summed E-state index contributed by atoms with van der Waals surface area (Å²) in [7, 11) is 0. The van der Waals surface area contributed by atoms with E-state index in [-0.39, 0.29) is 16.0 Å². The van der Waals surface area contributed by atoms with Crippen molar-refractivity contribution in [2.75, 3.05) is 0 Å². The quantitative estimate of drug-likeness (QED) is 0.546. The number of fused-ring (bicyclic) bond motifs is 1.